The molecule has 108 valence electrons. The van der Waals surface area contributed by atoms with Crippen molar-refractivity contribution < 1.29 is 0 Å². The molecule has 0 amide bonds. The van der Waals surface area contributed by atoms with Gasteiger partial charge in [-0.2, -0.15) is 0 Å². The van der Waals surface area contributed by atoms with E-state index in [-0.39, 0.29) is 0 Å². The minimum absolute atomic E-state index is 0.536. The Labute approximate surface area is 125 Å². The second-order valence-corrected chi connectivity index (χ2v) is 5.89. The van der Waals surface area contributed by atoms with Crippen LogP contribution in [0, 0.1) is 0 Å². The van der Waals surface area contributed by atoms with Crippen LogP contribution in [0.2, 0.25) is 0 Å². The Morgan fingerprint density at radius 3 is 3.00 bits per heavy atom. The van der Waals surface area contributed by atoms with Gasteiger partial charge in [0.05, 0.1) is 11.0 Å². The van der Waals surface area contributed by atoms with E-state index in [0.717, 1.165) is 30.9 Å². The number of hydrogen-bond donors (Lipinski definition) is 0. The first kappa shape index (κ1) is 13.9. The third-order valence-electron chi connectivity index (χ3n) is 4.28. The first-order chi connectivity index (χ1) is 9.83. The third-order valence-corrected chi connectivity index (χ3v) is 4.47. The molecular weight excluding hydrogens is 270 g/mol. The topological polar surface area (TPSA) is 21.1 Å². The summed E-state index contributed by atoms with van der Waals surface area (Å²) in [5, 5.41) is 0. The summed E-state index contributed by atoms with van der Waals surface area (Å²) in [5.41, 5.74) is 2.36. The predicted octanol–water partition coefficient (Wildman–Crippen LogP) is 3.47. The van der Waals surface area contributed by atoms with Crippen LogP contribution in [0.3, 0.4) is 0 Å². The molecule has 4 heteroatoms. The lowest BCUT2D eigenvalue weighted by molar-refractivity contribution is 0.186. The number of fused-ring (bicyclic) bond motifs is 1. The van der Waals surface area contributed by atoms with Gasteiger partial charge < -0.3 is 9.47 Å². The molecule has 2 aromatic rings. The normalized spacial score (nSPS) is 20.6. The van der Waals surface area contributed by atoms with E-state index in [4.69, 9.17) is 16.6 Å². The van der Waals surface area contributed by atoms with Crippen molar-refractivity contribution in [3.63, 3.8) is 0 Å². The maximum atomic E-state index is 5.97. The number of likely N-dealkylation sites (tertiary alicyclic amines) is 1. The predicted molar refractivity (Wildman–Crippen MR) is 84.5 cm³/mol. The van der Waals surface area contributed by atoms with Gasteiger partial charge in [0.2, 0.25) is 0 Å². The minimum Gasteiger partial charge on any atom is -0.324 e. The molecule has 1 aromatic heterocycles. The average molecular weight is 292 g/mol. The van der Waals surface area contributed by atoms with Gasteiger partial charge in [-0.1, -0.05) is 19.1 Å². The van der Waals surface area contributed by atoms with Crippen molar-refractivity contribution in [2.24, 2.45) is 0 Å². The summed E-state index contributed by atoms with van der Waals surface area (Å²) in [6.45, 7) is 5.73. The molecule has 0 radical (unpaired) electrons. The number of piperidine rings is 1. The standard InChI is InChI=1S/C16H22ClN3/c1-2-19-11-5-6-13(12-19)20-15-8-4-3-7-14(15)18-16(20)9-10-17/h3-4,7-8,13H,2,5-6,9-12H2,1H3. The molecule has 20 heavy (non-hydrogen) atoms. The van der Waals surface area contributed by atoms with Crippen molar-refractivity contribution >= 4 is 22.6 Å². The van der Waals surface area contributed by atoms with E-state index in [2.05, 4.69) is 40.7 Å². The summed E-state index contributed by atoms with van der Waals surface area (Å²) in [4.78, 5) is 7.32. The highest BCUT2D eigenvalue weighted by Gasteiger charge is 2.24. The fraction of sp³-hybridized carbons (Fsp3) is 0.562. The van der Waals surface area contributed by atoms with Crippen LogP contribution in [-0.4, -0.2) is 40.0 Å². The lowest BCUT2D eigenvalue weighted by atomic mass is 10.0. The Kier molecular flexibility index (Phi) is 4.27. The van der Waals surface area contributed by atoms with Crippen LogP contribution < -0.4 is 0 Å². The molecule has 2 heterocycles. The zero-order valence-electron chi connectivity index (χ0n) is 12.1. The minimum atomic E-state index is 0.536. The second kappa shape index (κ2) is 6.15. The van der Waals surface area contributed by atoms with Crippen LogP contribution in [0.4, 0.5) is 0 Å². The first-order valence-corrected chi connectivity index (χ1v) is 8.11. The van der Waals surface area contributed by atoms with Gasteiger partial charge in [0.25, 0.3) is 0 Å². The molecule has 0 aliphatic carbocycles. The van der Waals surface area contributed by atoms with Gasteiger partial charge in [-0.25, -0.2) is 4.98 Å². The molecule has 1 fully saturated rings. The van der Waals surface area contributed by atoms with Gasteiger partial charge in [0.1, 0.15) is 5.82 Å². The van der Waals surface area contributed by atoms with Crippen molar-refractivity contribution in [1.82, 2.24) is 14.5 Å². The number of para-hydroxylation sites is 2. The molecule has 1 saturated heterocycles. The fourth-order valence-corrected chi connectivity index (χ4v) is 3.46. The highest BCUT2D eigenvalue weighted by Crippen LogP contribution is 2.28. The van der Waals surface area contributed by atoms with Crippen LogP contribution in [0.1, 0.15) is 31.6 Å². The number of likely N-dealkylation sites (N-methyl/N-ethyl adjacent to an activating group) is 1. The molecule has 1 atom stereocenters. The van der Waals surface area contributed by atoms with Crippen molar-refractivity contribution in [1.29, 1.82) is 0 Å². The van der Waals surface area contributed by atoms with E-state index in [1.807, 2.05) is 0 Å². The average Bonchev–Trinajstić information content (AvgIpc) is 2.85. The molecule has 3 rings (SSSR count). The van der Waals surface area contributed by atoms with E-state index in [1.54, 1.807) is 0 Å². The Hall–Kier alpha value is -1.06. The molecule has 0 saturated carbocycles. The van der Waals surface area contributed by atoms with Crippen molar-refractivity contribution in [3.05, 3.63) is 30.1 Å². The van der Waals surface area contributed by atoms with Gasteiger partial charge in [-0.15, -0.1) is 11.6 Å². The lowest BCUT2D eigenvalue weighted by Crippen LogP contribution is -2.36. The van der Waals surface area contributed by atoms with E-state index in [1.165, 1.54) is 24.9 Å². The van der Waals surface area contributed by atoms with Crippen LogP contribution in [0.5, 0.6) is 0 Å². The molecule has 0 spiro atoms. The maximum absolute atomic E-state index is 5.97. The Balaban J connectivity index is 2.01. The van der Waals surface area contributed by atoms with E-state index < -0.39 is 0 Å². The number of aromatic nitrogens is 2. The lowest BCUT2D eigenvalue weighted by Gasteiger charge is -2.33. The molecule has 0 N–H and O–H groups in total. The Morgan fingerprint density at radius 2 is 2.20 bits per heavy atom. The Bertz CT molecular complexity index is 578. The van der Waals surface area contributed by atoms with Crippen LogP contribution in [-0.2, 0) is 6.42 Å². The molecule has 3 nitrogen and oxygen atoms in total. The monoisotopic (exact) mass is 291 g/mol. The summed E-state index contributed by atoms with van der Waals surface area (Å²) in [7, 11) is 0. The van der Waals surface area contributed by atoms with Crippen LogP contribution in [0.15, 0.2) is 24.3 Å². The quantitative estimate of drug-likeness (QED) is 0.804. The van der Waals surface area contributed by atoms with Crippen LogP contribution in [0.25, 0.3) is 11.0 Å². The molecule has 1 unspecified atom stereocenters. The first-order valence-electron chi connectivity index (χ1n) is 7.57. The summed E-state index contributed by atoms with van der Waals surface area (Å²) >= 11 is 5.97. The van der Waals surface area contributed by atoms with Gasteiger partial charge in [-0.3, -0.25) is 0 Å². The third kappa shape index (κ3) is 2.57. The summed E-state index contributed by atoms with van der Waals surface area (Å²) in [6, 6.07) is 8.98. The number of aryl methyl sites for hydroxylation is 1. The fourth-order valence-electron chi connectivity index (χ4n) is 3.29. The highest BCUT2D eigenvalue weighted by atomic mass is 35.5. The highest BCUT2D eigenvalue weighted by molar-refractivity contribution is 6.17. The zero-order chi connectivity index (χ0) is 13.9. The number of rotatable bonds is 4. The van der Waals surface area contributed by atoms with Crippen molar-refractivity contribution in [3.8, 4) is 0 Å². The van der Waals surface area contributed by atoms with E-state index in [0.29, 0.717) is 11.9 Å². The SMILES string of the molecule is CCN1CCCC(n2c(CCCl)nc3ccccc32)C1. The second-order valence-electron chi connectivity index (χ2n) is 5.52. The van der Waals surface area contributed by atoms with E-state index in [9.17, 15) is 0 Å². The molecule has 1 aromatic carbocycles. The van der Waals surface area contributed by atoms with Crippen molar-refractivity contribution in [2.75, 3.05) is 25.5 Å². The summed E-state index contributed by atoms with van der Waals surface area (Å²) < 4.78 is 2.44. The largest absolute Gasteiger partial charge is 0.324 e. The van der Waals surface area contributed by atoms with Gasteiger partial charge in [0.15, 0.2) is 0 Å². The number of imidazole rings is 1. The maximum Gasteiger partial charge on any atom is 0.111 e. The zero-order valence-corrected chi connectivity index (χ0v) is 12.8. The summed E-state index contributed by atoms with van der Waals surface area (Å²) in [6.07, 6.45) is 3.36. The van der Waals surface area contributed by atoms with Gasteiger partial charge in [0, 0.05) is 24.9 Å². The molecule has 1 aliphatic rings. The number of hydrogen-bond acceptors (Lipinski definition) is 2. The van der Waals surface area contributed by atoms with E-state index >= 15 is 0 Å². The van der Waals surface area contributed by atoms with Crippen molar-refractivity contribution in [2.45, 2.75) is 32.2 Å². The molecule has 0 bridgehead atoms. The summed E-state index contributed by atoms with van der Waals surface area (Å²) in [5.74, 6) is 1.78. The number of nitrogens with zero attached hydrogens (tertiary/aromatic N) is 3. The van der Waals surface area contributed by atoms with Gasteiger partial charge >= 0.3 is 0 Å². The molecule has 1 aliphatic heterocycles. The van der Waals surface area contributed by atoms with Gasteiger partial charge in [-0.05, 0) is 38.1 Å². The molecular formula is C16H22ClN3. The number of halogens is 1. The van der Waals surface area contributed by atoms with Crippen LogP contribution >= 0.6 is 11.6 Å². The Morgan fingerprint density at radius 1 is 1.35 bits per heavy atom. The number of benzene rings is 1. The smallest absolute Gasteiger partial charge is 0.111 e. The number of alkyl halides is 1.